The topological polar surface area (TPSA) is 138 Å². The Balaban J connectivity index is 1.86. The summed E-state index contributed by atoms with van der Waals surface area (Å²) in [6.45, 7) is 5.96. The lowest BCUT2D eigenvalue weighted by molar-refractivity contribution is -0.151. The minimum Gasteiger partial charge on any atom is -0.441 e. The van der Waals surface area contributed by atoms with Gasteiger partial charge in [-0.1, -0.05) is 61.9 Å². The van der Waals surface area contributed by atoms with Crippen molar-refractivity contribution in [2.24, 2.45) is 5.41 Å². The molecule has 0 bridgehead atoms. The van der Waals surface area contributed by atoms with Gasteiger partial charge in [0.05, 0.1) is 36.3 Å². The molecule has 1 aliphatic heterocycles. The van der Waals surface area contributed by atoms with Crippen LogP contribution >= 0.6 is 0 Å². The number of rotatable bonds is 13. The lowest BCUT2D eigenvalue weighted by Crippen LogP contribution is -2.52. The van der Waals surface area contributed by atoms with E-state index >= 15 is 0 Å². The molecule has 1 saturated heterocycles. The Morgan fingerprint density at radius 3 is 2.45 bits per heavy atom. The van der Waals surface area contributed by atoms with E-state index in [1.54, 1.807) is 12.1 Å². The average Bonchev–Trinajstić information content (AvgIpc) is 2.92. The van der Waals surface area contributed by atoms with Gasteiger partial charge in [0.1, 0.15) is 6.79 Å². The number of sulfonamides is 1. The van der Waals surface area contributed by atoms with Gasteiger partial charge < -0.3 is 24.6 Å². The summed E-state index contributed by atoms with van der Waals surface area (Å²) in [5, 5.41) is 23.3. The molecule has 0 radical (unpaired) electrons. The first-order valence-electron chi connectivity index (χ1n) is 13.3. The molecule has 1 amide bonds. The number of nitrogens with one attached hydrogen (secondary N) is 1. The molecule has 1 aliphatic rings. The lowest BCUT2D eigenvalue weighted by Gasteiger charge is -2.35. The zero-order valence-corrected chi connectivity index (χ0v) is 24.1. The smallest absolute Gasteiger partial charge is 0.407 e. The molecule has 10 nitrogen and oxygen atoms in total. The largest absolute Gasteiger partial charge is 0.441 e. The molecule has 11 heteroatoms. The molecule has 2 N–H and O–H groups in total. The van der Waals surface area contributed by atoms with E-state index in [1.807, 2.05) is 51.1 Å². The molecule has 0 aliphatic carbocycles. The molecule has 1 heterocycles. The second-order valence-corrected chi connectivity index (χ2v) is 12.8. The Hall–Kier alpha value is -3.01. The summed E-state index contributed by atoms with van der Waals surface area (Å²) in [5.41, 5.74) is 1.22. The Morgan fingerprint density at radius 1 is 1.18 bits per heavy atom. The summed E-state index contributed by atoms with van der Waals surface area (Å²) in [6.07, 6.45) is -1.65. The van der Waals surface area contributed by atoms with Crippen molar-refractivity contribution in [2.75, 3.05) is 33.1 Å². The Bertz CT molecular complexity index is 1220. The molecular weight excluding hydrogens is 534 g/mol. The van der Waals surface area contributed by atoms with Crippen LogP contribution in [-0.4, -0.2) is 75.3 Å². The van der Waals surface area contributed by atoms with Crippen molar-refractivity contribution >= 4 is 16.1 Å². The number of carbonyl (C=O) groups excluding carboxylic acids is 1. The van der Waals surface area contributed by atoms with Crippen LogP contribution in [0.2, 0.25) is 0 Å². The number of amides is 1. The fraction of sp³-hybridized carbons (Fsp3) is 0.517. The van der Waals surface area contributed by atoms with Crippen molar-refractivity contribution in [3.8, 4) is 6.07 Å². The summed E-state index contributed by atoms with van der Waals surface area (Å²) in [4.78, 5) is 12.9. The van der Waals surface area contributed by atoms with Gasteiger partial charge in [0.25, 0.3) is 0 Å². The number of hydrogen-bond acceptors (Lipinski definition) is 8. The van der Waals surface area contributed by atoms with Crippen molar-refractivity contribution in [1.82, 2.24) is 9.62 Å². The fourth-order valence-corrected chi connectivity index (χ4v) is 6.06. The summed E-state index contributed by atoms with van der Waals surface area (Å²) in [5.74, 6) is 0. The summed E-state index contributed by atoms with van der Waals surface area (Å²) in [7, 11) is -4.02. The third kappa shape index (κ3) is 9.57. The Kier molecular flexibility index (Phi) is 11.5. The number of aliphatic hydroxyl groups is 1. The fourth-order valence-electron chi connectivity index (χ4n) is 4.42. The van der Waals surface area contributed by atoms with Crippen molar-refractivity contribution in [1.29, 1.82) is 5.26 Å². The normalized spacial score (nSPS) is 16.2. The van der Waals surface area contributed by atoms with E-state index in [1.165, 1.54) is 16.4 Å². The van der Waals surface area contributed by atoms with Gasteiger partial charge in [-0.15, -0.1) is 0 Å². The monoisotopic (exact) mass is 573 g/mol. The number of alkyl carbamates (subject to hydrolysis) is 1. The number of benzene rings is 2. The highest BCUT2D eigenvalue weighted by Crippen LogP contribution is 2.28. The second-order valence-electron chi connectivity index (χ2n) is 10.8. The minimum absolute atomic E-state index is 0.0706. The zero-order chi connectivity index (χ0) is 29.2. The van der Waals surface area contributed by atoms with Gasteiger partial charge >= 0.3 is 6.09 Å². The first kappa shape index (κ1) is 31.5. The number of hydrogen-bond donors (Lipinski definition) is 2. The molecule has 2 atom stereocenters. The van der Waals surface area contributed by atoms with Crippen molar-refractivity contribution in [3.05, 3.63) is 65.7 Å². The second kappa shape index (κ2) is 14.6. The highest BCUT2D eigenvalue weighted by Gasteiger charge is 2.35. The summed E-state index contributed by atoms with van der Waals surface area (Å²) < 4.78 is 44.6. The van der Waals surface area contributed by atoms with E-state index in [2.05, 4.69) is 11.4 Å². The van der Waals surface area contributed by atoms with Crippen LogP contribution < -0.4 is 5.32 Å². The van der Waals surface area contributed by atoms with Crippen LogP contribution in [0.3, 0.4) is 0 Å². The van der Waals surface area contributed by atoms with E-state index in [4.69, 9.17) is 19.5 Å². The number of aryl methyl sites for hydroxylation is 1. The van der Waals surface area contributed by atoms with Gasteiger partial charge in [0.2, 0.25) is 10.0 Å². The maximum Gasteiger partial charge on any atom is 0.407 e. The third-order valence-corrected chi connectivity index (χ3v) is 8.51. The Labute approximate surface area is 236 Å². The molecule has 0 saturated carbocycles. The van der Waals surface area contributed by atoms with Gasteiger partial charge in [0.15, 0.2) is 6.10 Å². The van der Waals surface area contributed by atoms with Gasteiger partial charge in [-0.25, -0.2) is 13.2 Å². The third-order valence-electron chi connectivity index (χ3n) is 6.68. The van der Waals surface area contributed by atoms with Crippen molar-refractivity contribution < 1.29 is 32.5 Å². The molecule has 40 heavy (non-hydrogen) atoms. The van der Waals surface area contributed by atoms with Crippen LogP contribution in [0.15, 0.2) is 59.5 Å². The van der Waals surface area contributed by atoms with Crippen LogP contribution in [0.4, 0.5) is 4.79 Å². The standard InChI is InChI=1S/C29H39N3O7S/c1-22-10-12-25(13-11-22)40(35,36)32(20-29(2,3)14-7-15-30)17-27(33)26(16-23-8-5-4-6-9-23)31-28(34)39-24-18-37-21-38-19-24/h4-6,8-13,24,26-27,33H,7,14,16-21H2,1-3H3,(H,31,34)/t26-,27?/m0/s1. The molecule has 1 fully saturated rings. The van der Waals surface area contributed by atoms with Gasteiger partial charge in [-0.2, -0.15) is 9.57 Å². The summed E-state index contributed by atoms with van der Waals surface area (Å²) >= 11 is 0. The quantitative estimate of drug-likeness (QED) is 0.372. The lowest BCUT2D eigenvalue weighted by atomic mass is 9.88. The predicted molar refractivity (Wildman–Crippen MR) is 149 cm³/mol. The van der Waals surface area contributed by atoms with Crippen molar-refractivity contribution in [3.63, 3.8) is 0 Å². The highest BCUT2D eigenvalue weighted by molar-refractivity contribution is 7.89. The number of aliphatic hydroxyl groups excluding tert-OH is 1. The molecule has 2 aromatic carbocycles. The van der Waals surface area contributed by atoms with E-state index < -0.39 is 39.8 Å². The number of ether oxygens (including phenoxy) is 3. The van der Waals surface area contributed by atoms with Gasteiger partial charge in [-0.3, -0.25) is 0 Å². The van der Waals surface area contributed by atoms with Gasteiger partial charge in [0, 0.05) is 19.5 Å². The highest BCUT2D eigenvalue weighted by atomic mass is 32.2. The van der Waals surface area contributed by atoms with E-state index in [0.717, 1.165) is 11.1 Å². The number of nitriles is 1. The number of carbonyl (C=O) groups is 1. The van der Waals surface area contributed by atoms with Crippen molar-refractivity contribution in [2.45, 2.75) is 63.2 Å². The maximum atomic E-state index is 13.8. The predicted octanol–water partition coefficient (Wildman–Crippen LogP) is 3.39. The molecule has 0 aromatic heterocycles. The zero-order valence-electron chi connectivity index (χ0n) is 23.3. The maximum absolute atomic E-state index is 13.8. The first-order valence-corrected chi connectivity index (χ1v) is 14.7. The molecule has 2 aromatic rings. The van der Waals surface area contributed by atoms with Crippen LogP contribution in [0.25, 0.3) is 0 Å². The summed E-state index contributed by atoms with van der Waals surface area (Å²) in [6, 6.07) is 17.1. The van der Waals surface area contributed by atoms with Crippen LogP contribution in [0.1, 0.15) is 37.8 Å². The van der Waals surface area contributed by atoms with Gasteiger partial charge in [-0.05, 0) is 42.9 Å². The molecule has 0 spiro atoms. The molecular formula is C29H39N3O7S. The molecule has 3 rings (SSSR count). The van der Waals surface area contributed by atoms with Crippen LogP contribution in [-0.2, 0) is 30.7 Å². The number of nitrogens with zero attached hydrogens (tertiary/aromatic N) is 2. The van der Waals surface area contributed by atoms with E-state index in [0.29, 0.717) is 6.42 Å². The SMILES string of the molecule is Cc1ccc(S(=O)(=O)N(CC(O)[C@H](Cc2ccccc2)NC(=O)OC2COCOC2)CC(C)(C)CCC#N)cc1. The Morgan fingerprint density at radius 2 is 1.82 bits per heavy atom. The molecule has 218 valence electrons. The minimum atomic E-state index is -4.02. The first-order chi connectivity index (χ1) is 19.0. The average molecular weight is 574 g/mol. The van der Waals surface area contributed by atoms with E-state index in [9.17, 15) is 18.3 Å². The van der Waals surface area contributed by atoms with Crippen LogP contribution in [0, 0.1) is 23.7 Å². The van der Waals surface area contributed by atoms with E-state index in [-0.39, 0.29) is 50.8 Å². The van der Waals surface area contributed by atoms with Crippen LogP contribution in [0.5, 0.6) is 0 Å². The molecule has 1 unspecified atom stereocenters.